The number of nitrogens with zero attached hydrogens (tertiary/aromatic N) is 4. The first-order chi connectivity index (χ1) is 14.1. The molecular formula is C21H24FN5O2. The Balaban J connectivity index is 1.97. The minimum atomic E-state index is -0.954. The summed E-state index contributed by atoms with van der Waals surface area (Å²) in [4.78, 5) is 11.5. The fraction of sp³-hybridized carbons (Fsp3) is 0.333. The van der Waals surface area contributed by atoms with E-state index in [0.717, 1.165) is 18.4 Å². The molecule has 8 heteroatoms. The Kier molecular flexibility index (Phi) is 7.02. The van der Waals surface area contributed by atoms with E-state index in [4.69, 9.17) is 0 Å². The minimum absolute atomic E-state index is 0.161. The van der Waals surface area contributed by atoms with Crippen molar-refractivity contribution in [3.63, 3.8) is 0 Å². The largest absolute Gasteiger partial charge is 0.481 e. The standard InChI is InChI=1S/C21H24FN5O2/c1-2-3-13-27-21(24-25-26-27)20(16-7-5-4-6-8-16)23-18(14-19(28)29)15-9-11-17(22)12-10-15/h4-12,18,20,23H,2-3,13-14H2,1H3,(H,28,29). The van der Waals surface area contributed by atoms with Crippen LogP contribution < -0.4 is 5.32 Å². The Labute approximate surface area is 168 Å². The summed E-state index contributed by atoms with van der Waals surface area (Å²) in [6.45, 7) is 2.76. The fourth-order valence-electron chi connectivity index (χ4n) is 3.19. The Bertz CT molecular complexity index is 914. The molecule has 0 saturated carbocycles. The summed E-state index contributed by atoms with van der Waals surface area (Å²) in [5.41, 5.74) is 1.60. The van der Waals surface area contributed by atoms with Gasteiger partial charge in [0.15, 0.2) is 5.82 Å². The molecule has 0 aliphatic carbocycles. The molecule has 29 heavy (non-hydrogen) atoms. The summed E-state index contributed by atoms with van der Waals surface area (Å²) >= 11 is 0. The molecule has 0 fully saturated rings. The number of unbranched alkanes of at least 4 members (excludes halogenated alkanes) is 1. The number of hydrogen-bond donors (Lipinski definition) is 2. The van der Waals surface area contributed by atoms with Crippen molar-refractivity contribution in [2.24, 2.45) is 0 Å². The molecule has 0 saturated heterocycles. The molecule has 3 rings (SSSR count). The summed E-state index contributed by atoms with van der Waals surface area (Å²) in [6.07, 6.45) is 1.77. The van der Waals surface area contributed by atoms with Crippen molar-refractivity contribution < 1.29 is 14.3 Å². The van der Waals surface area contributed by atoms with Crippen molar-refractivity contribution in [1.82, 2.24) is 25.5 Å². The van der Waals surface area contributed by atoms with Crippen molar-refractivity contribution in [2.75, 3.05) is 0 Å². The molecular weight excluding hydrogens is 373 g/mol. The van der Waals surface area contributed by atoms with Gasteiger partial charge in [0.25, 0.3) is 0 Å². The number of nitrogens with one attached hydrogen (secondary N) is 1. The number of hydrogen-bond acceptors (Lipinski definition) is 5. The lowest BCUT2D eigenvalue weighted by Gasteiger charge is -2.25. The third-order valence-electron chi connectivity index (χ3n) is 4.69. The van der Waals surface area contributed by atoms with Crippen LogP contribution in [0, 0.1) is 5.82 Å². The lowest BCUT2D eigenvalue weighted by atomic mass is 9.99. The van der Waals surface area contributed by atoms with Gasteiger partial charge in [-0.3, -0.25) is 10.1 Å². The molecule has 0 amide bonds. The number of rotatable bonds is 10. The third kappa shape index (κ3) is 5.45. The third-order valence-corrected chi connectivity index (χ3v) is 4.69. The van der Waals surface area contributed by atoms with Crippen molar-refractivity contribution in [3.8, 4) is 0 Å². The van der Waals surface area contributed by atoms with Crippen molar-refractivity contribution >= 4 is 5.97 Å². The van der Waals surface area contributed by atoms with Crippen LogP contribution in [0.25, 0.3) is 0 Å². The van der Waals surface area contributed by atoms with Crippen molar-refractivity contribution in [1.29, 1.82) is 0 Å². The molecule has 2 N–H and O–H groups in total. The van der Waals surface area contributed by atoms with Gasteiger partial charge in [0.1, 0.15) is 5.82 Å². The normalized spacial score (nSPS) is 13.2. The van der Waals surface area contributed by atoms with Crippen molar-refractivity contribution in [3.05, 3.63) is 77.4 Å². The van der Waals surface area contributed by atoms with Gasteiger partial charge in [-0.25, -0.2) is 9.07 Å². The number of benzene rings is 2. The molecule has 0 aliphatic rings. The van der Waals surface area contributed by atoms with Crippen LogP contribution in [0.5, 0.6) is 0 Å². The van der Waals surface area contributed by atoms with E-state index >= 15 is 0 Å². The molecule has 2 atom stereocenters. The Morgan fingerprint density at radius 2 is 1.86 bits per heavy atom. The highest BCUT2D eigenvalue weighted by Crippen LogP contribution is 2.27. The lowest BCUT2D eigenvalue weighted by molar-refractivity contribution is -0.137. The molecule has 1 heterocycles. The zero-order valence-corrected chi connectivity index (χ0v) is 16.2. The average molecular weight is 397 g/mol. The topological polar surface area (TPSA) is 92.9 Å². The number of carboxylic acid groups (broad SMARTS) is 1. The van der Waals surface area contributed by atoms with Crippen LogP contribution in [-0.4, -0.2) is 31.3 Å². The van der Waals surface area contributed by atoms with E-state index in [0.29, 0.717) is 17.9 Å². The number of aryl methyl sites for hydroxylation is 1. The summed E-state index contributed by atoms with van der Waals surface area (Å²) in [7, 11) is 0. The first kappa shape index (κ1) is 20.6. The Morgan fingerprint density at radius 1 is 1.14 bits per heavy atom. The number of carbonyl (C=O) groups is 1. The van der Waals surface area contributed by atoms with Crippen LogP contribution in [-0.2, 0) is 11.3 Å². The number of aliphatic carboxylic acids is 1. The molecule has 0 radical (unpaired) electrons. The second kappa shape index (κ2) is 9.88. The van der Waals surface area contributed by atoms with Crippen molar-refractivity contribution in [2.45, 2.75) is 44.8 Å². The average Bonchev–Trinajstić information content (AvgIpc) is 3.18. The molecule has 3 aromatic rings. The monoisotopic (exact) mass is 397 g/mol. The molecule has 152 valence electrons. The van der Waals surface area contributed by atoms with E-state index in [-0.39, 0.29) is 12.2 Å². The summed E-state index contributed by atoms with van der Waals surface area (Å²) < 4.78 is 15.1. The highest BCUT2D eigenvalue weighted by atomic mass is 19.1. The molecule has 7 nitrogen and oxygen atoms in total. The highest BCUT2D eigenvalue weighted by molar-refractivity contribution is 5.68. The van der Waals surface area contributed by atoms with E-state index in [1.165, 1.54) is 12.1 Å². The molecule has 0 aliphatic heterocycles. The fourth-order valence-corrected chi connectivity index (χ4v) is 3.19. The molecule has 0 bridgehead atoms. The van der Waals surface area contributed by atoms with E-state index in [2.05, 4.69) is 27.8 Å². The number of tetrazole rings is 1. The first-order valence-electron chi connectivity index (χ1n) is 9.62. The molecule has 1 aromatic heterocycles. The predicted molar refractivity (Wildman–Crippen MR) is 106 cm³/mol. The maximum atomic E-state index is 13.4. The smallest absolute Gasteiger partial charge is 0.305 e. The van der Waals surface area contributed by atoms with Gasteiger partial charge >= 0.3 is 5.97 Å². The Morgan fingerprint density at radius 3 is 2.52 bits per heavy atom. The number of aromatic nitrogens is 4. The van der Waals surface area contributed by atoms with Crippen LogP contribution >= 0.6 is 0 Å². The number of halogens is 1. The minimum Gasteiger partial charge on any atom is -0.481 e. The second-order valence-corrected chi connectivity index (χ2v) is 6.83. The zero-order chi connectivity index (χ0) is 20.6. The van der Waals surface area contributed by atoms with Crippen LogP contribution in [0.3, 0.4) is 0 Å². The van der Waals surface area contributed by atoms with Gasteiger partial charge in [-0.2, -0.15) is 0 Å². The van der Waals surface area contributed by atoms with Crippen LogP contribution in [0.2, 0.25) is 0 Å². The van der Waals surface area contributed by atoms with Gasteiger partial charge in [0, 0.05) is 12.6 Å². The van der Waals surface area contributed by atoms with Gasteiger partial charge in [0.05, 0.1) is 12.5 Å². The zero-order valence-electron chi connectivity index (χ0n) is 16.2. The van der Waals surface area contributed by atoms with E-state index in [1.807, 2.05) is 30.3 Å². The van der Waals surface area contributed by atoms with Crippen LogP contribution in [0.15, 0.2) is 54.6 Å². The SMILES string of the molecule is CCCCn1nnnc1C(NC(CC(=O)O)c1ccc(F)cc1)c1ccccc1. The molecule has 0 spiro atoms. The van der Waals surface area contributed by atoms with Gasteiger partial charge in [-0.1, -0.05) is 55.8 Å². The molecule has 2 aromatic carbocycles. The highest BCUT2D eigenvalue weighted by Gasteiger charge is 2.26. The van der Waals surface area contributed by atoms with Gasteiger partial charge in [-0.05, 0) is 40.1 Å². The van der Waals surface area contributed by atoms with Gasteiger partial charge < -0.3 is 5.11 Å². The number of carboxylic acids is 1. The second-order valence-electron chi connectivity index (χ2n) is 6.83. The first-order valence-corrected chi connectivity index (χ1v) is 9.62. The maximum absolute atomic E-state index is 13.4. The summed E-state index contributed by atoms with van der Waals surface area (Å²) in [5.74, 6) is -0.711. The van der Waals surface area contributed by atoms with Gasteiger partial charge in [-0.15, -0.1) is 5.10 Å². The lowest BCUT2D eigenvalue weighted by Crippen LogP contribution is -2.31. The van der Waals surface area contributed by atoms with E-state index < -0.39 is 18.1 Å². The van der Waals surface area contributed by atoms with Crippen LogP contribution in [0.4, 0.5) is 4.39 Å². The molecule has 2 unspecified atom stereocenters. The summed E-state index contributed by atoms with van der Waals surface area (Å²) in [6, 6.07) is 14.5. The summed E-state index contributed by atoms with van der Waals surface area (Å²) in [5, 5.41) is 25.0. The quantitative estimate of drug-likeness (QED) is 0.544. The maximum Gasteiger partial charge on any atom is 0.305 e. The Hall–Kier alpha value is -3.13. The van der Waals surface area contributed by atoms with Gasteiger partial charge in [0.2, 0.25) is 0 Å². The van der Waals surface area contributed by atoms with E-state index in [9.17, 15) is 14.3 Å². The van der Waals surface area contributed by atoms with E-state index in [1.54, 1.807) is 16.8 Å². The van der Waals surface area contributed by atoms with Crippen LogP contribution in [0.1, 0.15) is 55.2 Å². The predicted octanol–water partition coefficient (Wildman–Crippen LogP) is 3.51.